The summed E-state index contributed by atoms with van der Waals surface area (Å²) < 4.78 is 0. The van der Waals surface area contributed by atoms with E-state index in [0.717, 1.165) is 31.4 Å². The molecular formula is C21H31NO. The van der Waals surface area contributed by atoms with Crippen LogP contribution in [0, 0.1) is 11.8 Å². The number of hydrogen-bond donors (Lipinski definition) is 0. The molecule has 0 amide bonds. The van der Waals surface area contributed by atoms with Crippen LogP contribution in [0.1, 0.15) is 50.7 Å². The number of ketones is 1. The second-order valence-electron chi connectivity index (χ2n) is 7.73. The minimum absolute atomic E-state index is 0.167. The molecule has 1 aromatic rings. The van der Waals surface area contributed by atoms with Gasteiger partial charge < -0.3 is 4.90 Å². The summed E-state index contributed by atoms with van der Waals surface area (Å²) in [5.74, 6) is 1.62. The molecule has 1 aliphatic carbocycles. The van der Waals surface area contributed by atoms with E-state index in [4.69, 9.17) is 0 Å². The van der Waals surface area contributed by atoms with Crippen molar-refractivity contribution in [2.75, 3.05) is 20.6 Å². The number of carbonyl (C=O) groups excluding carboxylic acids is 1. The highest BCUT2D eigenvalue weighted by Crippen LogP contribution is 2.30. The fourth-order valence-corrected chi connectivity index (χ4v) is 3.44. The van der Waals surface area contributed by atoms with Crippen LogP contribution >= 0.6 is 0 Å². The van der Waals surface area contributed by atoms with Gasteiger partial charge in [-0.25, -0.2) is 0 Å². The monoisotopic (exact) mass is 313 g/mol. The molecule has 0 bridgehead atoms. The van der Waals surface area contributed by atoms with E-state index in [0.29, 0.717) is 17.6 Å². The third-order valence-corrected chi connectivity index (χ3v) is 4.64. The van der Waals surface area contributed by atoms with Crippen LogP contribution < -0.4 is 0 Å². The van der Waals surface area contributed by atoms with E-state index in [1.165, 1.54) is 11.1 Å². The SMILES string of the molecule is CC(C)Cc1ccc([C@@H](C)CC2=CC[C@@H](CN(C)C)C2=O)cc1. The Bertz CT molecular complexity index is 554. The summed E-state index contributed by atoms with van der Waals surface area (Å²) in [4.78, 5) is 14.6. The van der Waals surface area contributed by atoms with Crippen molar-refractivity contribution in [3.63, 3.8) is 0 Å². The quantitative estimate of drug-likeness (QED) is 0.741. The Balaban J connectivity index is 1.94. The molecule has 0 unspecified atom stereocenters. The number of benzene rings is 1. The van der Waals surface area contributed by atoms with E-state index in [1.807, 2.05) is 14.1 Å². The van der Waals surface area contributed by atoms with Gasteiger partial charge in [-0.15, -0.1) is 0 Å². The zero-order valence-electron chi connectivity index (χ0n) is 15.3. The number of allylic oxidation sites excluding steroid dienone is 2. The van der Waals surface area contributed by atoms with Gasteiger partial charge in [-0.3, -0.25) is 4.79 Å². The molecule has 2 atom stereocenters. The Morgan fingerprint density at radius 2 is 1.74 bits per heavy atom. The average molecular weight is 313 g/mol. The molecule has 0 N–H and O–H groups in total. The van der Waals surface area contributed by atoms with Crippen LogP contribution in [0.15, 0.2) is 35.9 Å². The standard InChI is InChI=1S/C21H31NO/c1-15(2)12-17-6-8-18(9-7-17)16(3)13-19-10-11-20(21(19)23)14-22(4)5/h6-10,15-16,20H,11-14H2,1-5H3/t16-,20-/m0/s1. The van der Waals surface area contributed by atoms with Crippen molar-refractivity contribution in [3.05, 3.63) is 47.0 Å². The lowest BCUT2D eigenvalue weighted by Crippen LogP contribution is -2.25. The molecule has 1 aromatic carbocycles. The molecule has 2 rings (SSSR count). The molecule has 0 saturated heterocycles. The van der Waals surface area contributed by atoms with Crippen LogP contribution in [0.5, 0.6) is 0 Å². The molecule has 0 fully saturated rings. The number of nitrogens with zero attached hydrogens (tertiary/aromatic N) is 1. The minimum Gasteiger partial charge on any atom is -0.309 e. The van der Waals surface area contributed by atoms with Crippen LogP contribution in [-0.2, 0) is 11.2 Å². The molecule has 126 valence electrons. The molecule has 0 heterocycles. The van der Waals surface area contributed by atoms with E-state index in [2.05, 4.69) is 56.0 Å². The van der Waals surface area contributed by atoms with Crippen LogP contribution in [0.3, 0.4) is 0 Å². The maximum Gasteiger partial charge on any atom is 0.163 e. The lowest BCUT2D eigenvalue weighted by atomic mass is 9.90. The number of hydrogen-bond acceptors (Lipinski definition) is 2. The van der Waals surface area contributed by atoms with Crippen molar-refractivity contribution >= 4 is 5.78 Å². The first-order chi connectivity index (χ1) is 10.9. The van der Waals surface area contributed by atoms with E-state index in [1.54, 1.807) is 0 Å². The van der Waals surface area contributed by atoms with Gasteiger partial charge in [-0.2, -0.15) is 0 Å². The van der Waals surface area contributed by atoms with E-state index < -0.39 is 0 Å². The van der Waals surface area contributed by atoms with Gasteiger partial charge >= 0.3 is 0 Å². The van der Waals surface area contributed by atoms with Crippen molar-refractivity contribution in [2.45, 2.75) is 46.0 Å². The van der Waals surface area contributed by atoms with Crippen LogP contribution in [0.4, 0.5) is 0 Å². The minimum atomic E-state index is 0.167. The van der Waals surface area contributed by atoms with E-state index >= 15 is 0 Å². The summed E-state index contributed by atoms with van der Waals surface area (Å²) in [6, 6.07) is 8.95. The van der Waals surface area contributed by atoms with Crippen LogP contribution in [0.2, 0.25) is 0 Å². The van der Waals surface area contributed by atoms with E-state index in [-0.39, 0.29) is 5.92 Å². The highest BCUT2D eigenvalue weighted by molar-refractivity contribution is 5.99. The van der Waals surface area contributed by atoms with Gasteiger partial charge in [0.15, 0.2) is 5.78 Å². The highest BCUT2D eigenvalue weighted by atomic mass is 16.1. The van der Waals surface area contributed by atoms with Gasteiger partial charge in [0.2, 0.25) is 0 Å². The average Bonchev–Trinajstić information content (AvgIpc) is 2.80. The fourth-order valence-electron chi connectivity index (χ4n) is 3.44. The van der Waals surface area contributed by atoms with Gasteiger partial charge in [0.1, 0.15) is 0 Å². The summed E-state index contributed by atoms with van der Waals surface area (Å²) in [6.07, 6.45) is 5.07. The molecule has 0 aliphatic heterocycles. The molecule has 1 aliphatic rings. The Hall–Kier alpha value is -1.41. The zero-order valence-corrected chi connectivity index (χ0v) is 15.3. The first kappa shape index (κ1) is 17.9. The summed E-state index contributed by atoms with van der Waals surface area (Å²) in [5.41, 5.74) is 3.77. The fraction of sp³-hybridized carbons (Fsp3) is 0.571. The Labute approximate surface area is 141 Å². The largest absolute Gasteiger partial charge is 0.309 e. The Kier molecular flexibility index (Phi) is 6.17. The predicted octanol–water partition coefficient (Wildman–Crippen LogP) is 4.46. The van der Waals surface area contributed by atoms with Gasteiger partial charge in [-0.1, -0.05) is 51.1 Å². The van der Waals surface area contributed by atoms with Crippen molar-refractivity contribution in [2.24, 2.45) is 11.8 Å². The molecule has 2 heteroatoms. The maximum absolute atomic E-state index is 12.5. The highest BCUT2D eigenvalue weighted by Gasteiger charge is 2.28. The molecule has 0 saturated carbocycles. The molecule has 2 nitrogen and oxygen atoms in total. The normalized spacial score (nSPS) is 19.5. The van der Waals surface area contributed by atoms with Crippen LogP contribution in [-0.4, -0.2) is 31.3 Å². The van der Waals surface area contributed by atoms with E-state index in [9.17, 15) is 4.79 Å². The van der Waals surface area contributed by atoms with Gasteiger partial charge in [0.05, 0.1) is 0 Å². The predicted molar refractivity (Wildman–Crippen MR) is 97.8 cm³/mol. The lowest BCUT2D eigenvalue weighted by Gasteiger charge is -2.17. The molecule has 0 spiro atoms. The zero-order chi connectivity index (χ0) is 17.0. The van der Waals surface area contributed by atoms with Crippen molar-refractivity contribution in [3.8, 4) is 0 Å². The molecule has 23 heavy (non-hydrogen) atoms. The van der Waals surface area contributed by atoms with Gasteiger partial charge in [-0.05, 0) is 61.9 Å². The third-order valence-electron chi connectivity index (χ3n) is 4.64. The Morgan fingerprint density at radius 3 is 2.30 bits per heavy atom. The van der Waals surface area contributed by atoms with Crippen molar-refractivity contribution in [1.82, 2.24) is 4.90 Å². The van der Waals surface area contributed by atoms with Crippen molar-refractivity contribution < 1.29 is 4.79 Å². The Morgan fingerprint density at radius 1 is 1.09 bits per heavy atom. The number of Topliss-reactive ketones (excluding diaryl/α,β-unsaturated/α-hetero) is 1. The van der Waals surface area contributed by atoms with Gasteiger partial charge in [0, 0.05) is 12.5 Å². The first-order valence-electron chi connectivity index (χ1n) is 8.83. The topological polar surface area (TPSA) is 20.3 Å². The second-order valence-corrected chi connectivity index (χ2v) is 7.73. The maximum atomic E-state index is 12.5. The smallest absolute Gasteiger partial charge is 0.163 e. The van der Waals surface area contributed by atoms with Gasteiger partial charge in [0.25, 0.3) is 0 Å². The lowest BCUT2D eigenvalue weighted by molar-refractivity contribution is -0.118. The molecular weight excluding hydrogens is 282 g/mol. The number of rotatable bonds is 7. The summed E-state index contributed by atoms with van der Waals surface area (Å²) in [5, 5.41) is 0. The van der Waals surface area contributed by atoms with Crippen molar-refractivity contribution in [1.29, 1.82) is 0 Å². The second kappa shape index (κ2) is 7.92. The number of carbonyl (C=O) groups is 1. The molecule has 0 radical (unpaired) electrons. The third kappa shape index (κ3) is 5.04. The first-order valence-corrected chi connectivity index (χ1v) is 8.83. The summed E-state index contributed by atoms with van der Waals surface area (Å²) in [6.45, 7) is 7.58. The molecule has 0 aromatic heterocycles. The summed E-state index contributed by atoms with van der Waals surface area (Å²) >= 11 is 0. The van der Waals surface area contributed by atoms with Crippen LogP contribution in [0.25, 0.3) is 0 Å². The summed E-state index contributed by atoms with van der Waals surface area (Å²) in [7, 11) is 4.07.